The Labute approximate surface area is 60.6 Å². The second-order valence-electron chi connectivity index (χ2n) is 2.90. The van der Waals surface area contributed by atoms with Gasteiger partial charge in [0.2, 0.25) is 0 Å². The molecule has 2 aliphatic rings. The van der Waals surface area contributed by atoms with Gasteiger partial charge in [0.25, 0.3) is 0 Å². The van der Waals surface area contributed by atoms with E-state index in [0.29, 0.717) is 0 Å². The number of hydrogen-bond donors (Lipinski definition) is 1. The summed E-state index contributed by atoms with van der Waals surface area (Å²) < 4.78 is 0. The average Bonchev–Trinajstić information content (AvgIpc) is 2.33. The number of piperidine rings is 1. The van der Waals surface area contributed by atoms with Crippen molar-refractivity contribution >= 4 is 11.8 Å². The van der Waals surface area contributed by atoms with Crippen LogP contribution < -0.4 is 5.32 Å². The smallest absolute Gasteiger partial charge is 0.0201 e. The lowest BCUT2D eigenvalue weighted by Gasteiger charge is -2.25. The van der Waals surface area contributed by atoms with Crippen LogP contribution in [0.4, 0.5) is 0 Å². The minimum absolute atomic E-state index is 0.878. The first kappa shape index (κ1) is 6.05. The molecule has 2 fully saturated rings. The number of hydrogen-bond acceptors (Lipinski definition) is 2. The Balaban J connectivity index is 1.97. The molecule has 0 aromatic rings. The fraction of sp³-hybridized carbons (Fsp3) is 1.00. The van der Waals surface area contributed by atoms with E-state index in [1.165, 1.54) is 31.6 Å². The molecule has 2 heteroatoms. The molecule has 0 amide bonds. The van der Waals surface area contributed by atoms with Crippen molar-refractivity contribution in [1.82, 2.24) is 5.32 Å². The summed E-state index contributed by atoms with van der Waals surface area (Å²) in [6, 6.07) is 0.878. The number of nitrogens with one attached hydrogen (secondary N) is 1. The SMILES string of the molecule is C1CNC2CCSC2C1. The highest BCUT2D eigenvalue weighted by molar-refractivity contribution is 8.00. The minimum Gasteiger partial charge on any atom is -0.313 e. The van der Waals surface area contributed by atoms with Crippen molar-refractivity contribution < 1.29 is 0 Å². The Morgan fingerprint density at radius 2 is 2.33 bits per heavy atom. The summed E-state index contributed by atoms with van der Waals surface area (Å²) in [5, 5.41) is 4.53. The molecule has 2 rings (SSSR count). The highest BCUT2D eigenvalue weighted by atomic mass is 32.2. The van der Waals surface area contributed by atoms with Gasteiger partial charge >= 0.3 is 0 Å². The molecule has 9 heavy (non-hydrogen) atoms. The van der Waals surface area contributed by atoms with Crippen LogP contribution in [0.15, 0.2) is 0 Å². The van der Waals surface area contributed by atoms with E-state index in [4.69, 9.17) is 0 Å². The summed E-state index contributed by atoms with van der Waals surface area (Å²) in [6.45, 7) is 1.27. The molecular formula is C7H13NS. The molecule has 52 valence electrons. The van der Waals surface area contributed by atoms with Crippen molar-refractivity contribution in [1.29, 1.82) is 0 Å². The molecule has 0 aliphatic carbocycles. The lowest BCUT2D eigenvalue weighted by atomic mass is 10.0. The third-order valence-electron chi connectivity index (χ3n) is 2.28. The minimum atomic E-state index is 0.878. The van der Waals surface area contributed by atoms with Crippen LogP contribution in [0.1, 0.15) is 19.3 Å². The Kier molecular flexibility index (Phi) is 1.68. The number of thioether (sulfide) groups is 1. The summed E-state index contributed by atoms with van der Waals surface area (Å²) in [6.07, 6.45) is 4.27. The van der Waals surface area contributed by atoms with Gasteiger partial charge < -0.3 is 5.32 Å². The van der Waals surface area contributed by atoms with E-state index in [-0.39, 0.29) is 0 Å². The molecule has 2 aliphatic heterocycles. The Bertz CT molecular complexity index is 93.1. The number of fused-ring (bicyclic) bond motifs is 1. The van der Waals surface area contributed by atoms with Crippen LogP contribution >= 0.6 is 11.8 Å². The van der Waals surface area contributed by atoms with Gasteiger partial charge in [-0.3, -0.25) is 0 Å². The fourth-order valence-electron chi connectivity index (χ4n) is 1.76. The summed E-state index contributed by atoms with van der Waals surface area (Å²) in [5.41, 5.74) is 0. The summed E-state index contributed by atoms with van der Waals surface area (Å²) >= 11 is 2.16. The molecule has 2 atom stereocenters. The average molecular weight is 143 g/mol. The summed E-state index contributed by atoms with van der Waals surface area (Å²) in [5.74, 6) is 1.39. The van der Waals surface area contributed by atoms with Gasteiger partial charge in [0.05, 0.1) is 0 Å². The molecule has 0 saturated carbocycles. The van der Waals surface area contributed by atoms with Crippen molar-refractivity contribution in [3.63, 3.8) is 0 Å². The lowest BCUT2D eigenvalue weighted by Crippen LogP contribution is -2.39. The third kappa shape index (κ3) is 1.10. The molecule has 0 radical (unpaired) electrons. The Morgan fingerprint density at radius 1 is 1.33 bits per heavy atom. The second kappa shape index (κ2) is 2.51. The maximum Gasteiger partial charge on any atom is 0.0201 e. The van der Waals surface area contributed by atoms with Crippen LogP contribution in [-0.4, -0.2) is 23.6 Å². The Hall–Kier alpha value is 0.310. The van der Waals surface area contributed by atoms with E-state index in [1.807, 2.05) is 0 Å². The highest BCUT2D eigenvalue weighted by Gasteiger charge is 2.29. The van der Waals surface area contributed by atoms with Gasteiger partial charge in [-0.2, -0.15) is 11.8 Å². The van der Waals surface area contributed by atoms with Gasteiger partial charge in [-0.05, 0) is 31.6 Å². The van der Waals surface area contributed by atoms with Gasteiger partial charge in [0.1, 0.15) is 0 Å². The van der Waals surface area contributed by atoms with Crippen LogP contribution in [0.2, 0.25) is 0 Å². The maximum absolute atomic E-state index is 3.56. The van der Waals surface area contributed by atoms with Crippen LogP contribution in [0.3, 0.4) is 0 Å². The van der Waals surface area contributed by atoms with E-state index in [9.17, 15) is 0 Å². The van der Waals surface area contributed by atoms with Crippen molar-refractivity contribution in [2.24, 2.45) is 0 Å². The van der Waals surface area contributed by atoms with Crippen molar-refractivity contribution in [3.8, 4) is 0 Å². The topological polar surface area (TPSA) is 12.0 Å². The first-order valence-corrected chi connectivity index (χ1v) is 4.87. The van der Waals surface area contributed by atoms with E-state index >= 15 is 0 Å². The fourth-order valence-corrected chi connectivity index (χ4v) is 3.25. The predicted molar refractivity (Wildman–Crippen MR) is 41.9 cm³/mol. The molecule has 0 spiro atoms. The monoisotopic (exact) mass is 143 g/mol. The third-order valence-corrected chi connectivity index (χ3v) is 3.75. The standard InChI is InChI=1S/C7H13NS/c1-2-7-6(8-4-1)3-5-9-7/h6-8H,1-5H2. The lowest BCUT2D eigenvalue weighted by molar-refractivity contribution is 0.420. The molecule has 2 unspecified atom stereocenters. The molecule has 1 nitrogen and oxygen atoms in total. The second-order valence-corrected chi connectivity index (χ2v) is 4.25. The molecule has 2 heterocycles. The molecule has 1 N–H and O–H groups in total. The van der Waals surface area contributed by atoms with Gasteiger partial charge in [-0.1, -0.05) is 0 Å². The van der Waals surface area contributed by atoms with E-state index < -0.39 is 0 Å². The van der Waals surface area contributed by atoms with Crippen LogP contribution in [0.5, 0.6) is 0 Å². The van der Waals surface area contributed by atoms with Crippen molar-refractivity contribution in [3.05, 3.63) is 0 Å². The van der Waals surface area contributed by atoms with Crippen LogP contribution in [-0.2, 0) is 0 Å². The van der Waals surface area contributed by atoms with Crippen LogP contribution in [0, 0.1) is 0 Å². The largest absolute Gasteiger partial charge is 0.313 e. The zero-order valence-electron chi connectivity index (χ0n) is 5.60. The van der Waals surface area contributed by atoms with E-state index in [0.717, 1.165) is 11.3 Å². The van der Waals surface area contributed by atoms with Crippen molar-refractivity contribution in [2.75, 3.05) is 12.3 Å². The molecule has 0 bridgehead atoms. The summed E-state index contributed by atoms with van der Waals surface area (Å²) in [4.78, 5) is 0. The first-order chi connectivity index (χ1) is 4.47. The highest BCUT2D eigenvalue weighted by Crippen LogP contribution is 2.32. The normalized spacial score (nSPS) is 42.7. The van der Waals surface area contributed by atoms with Gasteiger partial charge in [0.15, 0.2) is 0 Å². The zero-order chi connectivity index (χ0) is 6.10. The van der Waals surface area contributed by atoms with Crippen LogP contribution in [0.25, 0.3) is 0 Å². The van der Waals surface area contributed by atoms with Gasteiger partial charge in [-0.15, -0.1) is 0 Å². The summed E-state index contributed by atoms with van der Waals surface area (Å²) in [7, 11) is 0. The maximum atomic E-state index is 3.56. The predicted octanol–water partition coefficient (Wildman–Crippen LogP) is 1.24. The molecule has 0 aromatic carbocycles. The van der Waals surface area contributed by atoms with E-state index in [1.54, 1.807) is 0 Å². The quantitative estimate of drug-likeness (QED) is 0.547. The molecule has 0 aromatic heterocycles. The van der Waals surface area contributed by atoms with E-state index in [2.05, 4.69) is 17.1 Å². The number of rotatable bonds is 0. The molecule has 2 saturated heterocycles. The van der Waals surface area contributed by atoms with Gasteiger partial charge in [0, 0.05) is 11.3 Å². The van der Waals surface area contributed by atoms with Crippen molar-refractivity contribution in [2.45, 2.75) is 30.6 Å². The Morgan fingerprint density at radius 3 is 3.22 bits per heavy atom. The van der Waals surface area contributed by atoms with Gasteiger partial charge in [-0.25, -0.2) is 0 Å². The first-order valence-electron chi connectivity index (χ1n) is 3.82. The zero-order valence-corrected chi connectivity index (χ0v) is 6.41. The molecular weight excluding hydrogens is 130 g/mol.